The molecule has 0 spiro atoms. The van der Waals surface area contributed by atoms with Gasteiger partial charge in [-0.2, -0.15) is 0 Å². The summed E-state index contributed by atoms with van der Waals surface area (Å²) in [6.45, 7) is 9.70. The Bertz CT molecular complexity index is 466. The van der Waals surface area contributed by atoms with Gasteiger partial charge in [0.15, 0.2) is 6.10 Å². The number of aryl methyl sites for hydroxylation is 1. The van der Waals surface area contributed by atoms with Crippen LogP contribution in [0.3, 0.4) is 0 Å². The lowest BCUT2D eigenvalue weighted by Crippen LogP contribution is -2.35. The van der Waals surface area contributed by atoms with E-state index in [0.717, 1.165) is 31.1 Å². The van der Waals surface area contributed by atoms with Gasteiger partial charge in [0, 0.05) is 13.0 Å². The van der Waals surface area contributed by atoms with E-state index in [2.05, 4.69) is 36.8 Å². The van der Waals surface area contributed by atoms with Crippen LogP contribution in [0.25, 0.3) is 0 Å². The summed E-state index contributed by atoms with van der Waals surface area (Å²) < 4.78 is 6.09. The average molecular weight is 244 g/mol. The molecular formula is C15H20N2O. The maximum Gasteiger partial charge on any atom is 0.159 e. The van der Waals surface area contributed by atoms with Crippen molar-refractivity contribution < 1.29 is 4.74 Å². The van der Waals surface area contributed by atoms with E-state index in [1.807, 2.05) is 18.2 Å². The van der Waals surface area contributed by atoms with E-state index in [1.54, 1.807) is 0 Å². The Morgan fingerprint density at radius 3 is 3.00 bits per heavy atom. The van der Waals surface area contributed by atoms with Gasteiger partial charge in [-0.3, -0.25) is 4.99 Å². The topological polar surface area (TPSA) is 33.6 Å². The van der Waals surface area contributed by atoms with Crippen molar-refractivity contribution >= 4 is 5.84 Å². The maximum atomic E-state index is 6.09. The van der Waals surface area contributed by atoms with Crippen LogP contribution in [0.2, 0.25) is 0 Å². The fraction of sp³-hybridized carbons (Fsp3) is 0.400. The summed E-state index contributed by atoms with van der Waals surface area (Å²) in [4.78, 5) is 4.44. The number of ether oxygens (including phenoxy) is 1. The Balaban J connectivity index is 2.17. The highest BCUT2D eigenvalue weighted by Gasteiger charge is 2.20. The molecule has 1 aliphatic rings. The molecule has 0 aromatic heterocycles. The predicted octanol–water partition coefficient (Wildman–Crippen LogP) is 2.63. The van der Waals surface area contributed by atoms with Crippen molar-refractivity contribution in [1.29, 1.82) is 0 Å². The van der Waals surface area contributed by atoms with E-state index in [9.17, 15) is 0 Å². The molecule has 0 radical (unpaired) electrons. The molecule has 3 nitrogen and oxygen atoms in total. The van der Waals surface area contributed by atoms with Gasteiger partial charge in [0.2, 0.25) is 0 Å². The number of aliphatic imine (C=N–C) groups is 1. The summed E-state index contributed by atoms with van der Waals surface area (Å²) in [5.41, 5.74) is 2.43. The van der Waals surface area contributed by atoms with E-state index in [4.69, 9.17) is 4.74 Å². The lowest BCUT2D eigenvalue weighted by molar-refractivity contribution is 0.265. The summed E-state index contributed by atoms with van der Waals surface area (Å²) >= 11 is 0. The molecule has 1 aromatic rings. The quantitative estimate of drug-likeness (QED) is 0.808. The molecule has 1 aromatic carbocycles. The summed E-state index contributed by atoms with van der Waals surface area (Å²) in [6, 6.07) is 6.12. The standard InChI is InChI=1S/C15H20N2O/c1-4-6-14(15-16-9-10-17-15)18-13-8-5-7-11(2)12(13)3/h4-5,7-8,14H,1,6,9-10H2,2-3H3,(H,16,17). The molecule has 18 heavy (non-hydrogen) atoms. The van der Waals surface area contributed by atoms with Crippen LogP contribution in [-0.4, -0.2) is 25.0 Å². The Morgan fingerprint density at radius 1 is 1.50 bits per heavy atom. The van der Waals surface area contributed by atoms with Crippen LogP contribution in [0.5, 0.6) is 5.75 Å². The van der Waals surface area contributed by atoms with Crippen molar-refractivity contribution in [2.75, 3.05) is 13.1 Å². The Hall–Kier alpha value is -1.77. The van der Waals surface area contributed by atoms with Crippen molar-refractivity contribution in [2.45, 2.75) is 26.4 Å². The van der Waals surface area contributed by atoms with Gasteiger partial charge in [-0.05, 0) is 31.0 Å². The molecule has 0 fully saturated rings. The fourth-order valence-corrected chi connectivity index (χ4v) is 2.00. The molecule has 1 heterocycles. The minimum atomic E-state index is -0.0505. The van der Waals surface area contributed by atoms with Crippen LogP contribution in [0.4, 0.5) is 0 Å². The highest BCUT2D eigenvalue weighted by atomic mass is 16.5. The largest absolute Gasteiger partial charge is 0.482 e. The molecule has 96 valence electrons. The van der Waals surface area contributed by atoms with Crippen LogP contribution in [-0.2, 0) is 0 Å². The molecule has 0 amide bonds. The molecule has 0 saturated heterocycles. The third kappa shape index (κ3) is 2.73. The molecule has 0 aliphatic carbocycles. The number of benzene rings is 1. The van der Waals surface area contributed by atoms with Gasteiger partial charge < -0.3 is 10.1 Å². The van der Waals surface area contributed by atoms with Crippen LogP contribution >= 0.6 is 0 Å². The molecule has 1 N–H and O–H groups in total. The van der Waals surface area contributed by atoms with E-state index < -0.39 is 0 Å². The van der Waals surface area contributed by atoms with Crippen molar-refractivity contribution in [2.24, 2.45) is 4.99 Å². The van der Waals surface area contributed by atoms with E-state index in [-0.39, 0.29) is 6.10 Å². The monoisotopic (exact) mass is 244 g/mol. The molecule has 0 saturated carbocycles. The van der Waals surface area contributed by atoms with Crippen LogP contribution in [0.1, 0.15) is 17.5 Å². The normalized spacial score (nSPS) is 15.8. The molecule has 3 heteroatoms. The number of nitrogens with one attached hydrogen (secondary N) is 1. The third-order valence-corrected chi connectivity index (χ3v) is 3.21. The maximum absolute atomic E-state index is 6.09. The highest BCUT2D eigenvalue weighted by Crippen LogP contribution is 2.23. The summed E-state index contributed by atoms with van der Waals surface area (Å²) in [5.74, 6) is 1.87. The van der Waals surface area contributed by atoms with Crippen LogP contribution in [0, 0.1) is 13.8 Å². The third-order valence-electron chi connectivity index (χ3n) is 3.21. The number of rotatable bonds is 5. The summed E-state index contributed by atoms with van der Waals surface area (Å²) in [6.07, 6.45) is 2.59. The van der Waals surface area contributed by atoms with E-state index in [0.29, 0.717) is 0 Å². The Kier molecular flexibility index (Phi) is 4.03. The molecule has 1 aliphatic heterocycles. The summed E-state index contributed by atoms with van der Waals surface area (Å²) in [7, 11) is 0. The first-order chi connectivity index (χ1) is 8.72. The molecule has 1 atom stereocenters. The second kappa shape index (κ2) is 5.71. The average Bonchev–Trinajstić information content (AvgIpc) is 2.88. The van der Waals surface area contributed by atoms with Gasteiger partial charge in [-0.25, -0.2) is 0 Å². The van der Waals surface area contributed by atoms with Crippen LogP contribution in [0.15, 0.2) is 35.8 Å². The van der Waals surface area contributed by atoms with Gasteiger partial charge in [-0.15, -0.1) is 6.58 Å². The van der Waals surface area contributed by atoms with Crippen molar-refractivity contribution in [1.82, 2.24) is 5.32 Å². The van der Waals surface area contributed by atoms with Crippen molar-refractivity contribution in [3.8, 4) is 5.75 Å². The second-order valence-corrected chi connectivity index (χ2v) is 4.52. The van der Waals surface area contributed by atoms with Crippen LogP contribution < -0.4 is 10.1 Å². The van der Waals surface area contributed by atoms with Crippen molar-refractivity contribution in [3.63, 3.8) is 0 Å². The number of amidine groups is 1. The van der Waals surface area contributed by atoms with Gasteiger partial charge in [0.25, 0.3) is 0 Å². The lowest BCUT2D eigenvalue weighted by atomic mass is 10.1. The molecular weight excluding hydrogens is 224 g/mol. The molecule has 2 rings (SSSR count). The zero-order valence-corrected chi connectivity index (χ0v) is 11.1. The first-order valence-corrected chi connectivity index (χ1v) is 6.34. The SMILES string of the molecule is C=CCC(Oc1cccc(C)c1C)C1=NCCN1. The second-order valence-electron chi connectivity index (χ2n) is 4.52. The van der Waals surface area contributed by atoms with Gasteiger partial charge in [0.05, 0.1) is 6.54 Å². The first-order valence-electron chi connectivity index (χ1n) is 6.34. The zero-order chi connectivity index (χ0) is 13.0. The van der Waals surface area contributed by atoms with E-state index in [1.165, 1.54) is 11.1 Å². The summed E-state index contributed by atoms with van der Waals surface area (Å²) in [5, 5.41) is 3.27. The predicted molar refractivity (Wildman–Crippen MR) is 75.5 cm³/mol. The number of nitrogens with zero attached hydrogens (tertiary/aromatic N) is 1. The highest BCUT2D eigenvalue weighted by molar-refractivity contribution is 5.88. The minimum absolute atomic E-state index is 0.0505. The lowest BCUT2D eigenvalue weighted by Gasteiger charge is -2.20. The van der Waals surface area contributed by atoms with E-state index >= 15 is 0 Å². The van der Waals surface area contributed by atoms with Gasteiger partial charge in [-0.1, -0.05) is 18.2 Å². The fourth-order valence-electron chi connectivity index (χ4n) is 2.00. The molecule has 0 bridgehead atoms. The van der Waals surface area contributed by atoms with Gasteiger partial charge in [0.1, 0.15) is 11.6 Å². The number of hydrogen-bond donors (Lipinski definition) is 1. The zero-order valence-electron chi connectivity index (χ0n) is 11.1. The van der Waals surface area contributed by atoms with Crippen molar-refractivity contribution in [3.05, 3.63) is 42.0 Å². The van der Waals surface area contributed by atoms with Gasteiger partial charge >= 0.3 is 0 Å². The Morgan fingerprint density at radius 2 is 2.33 bits per heavy atom. The minimum Gasteiger partial charge on any atom is -0.482 e. The first kappa shape index (κ1) is 12.7. The Labute approximate surface area is 109 Å². The smallest absolute Gasteiger partial charge is 0.159 e. The molecule has 1 unspecified atom stereocenters. The number of hydrogen-bond acceptors (Lipinski definition) is 3.